The van der Waals surface area contributed by atoms with E-state index in [-0.39, 0.29) is 0 Å². The number of ether oxygens (including phenoxy) is 1. The maximum Gasteiger partial charge on any atom is 0.0587 e. The van der Waals surface area contributed by atoms with Crippen LogP contribution in [0.4, 0.5) is 0 Å². The van der Waals surface area contributed by atoms with Gasteiger partial charge in [0.2, 0.25) is 0 Å². The van der Waals surface area contributed by atoms with Crippen molar-refractivity contribution in [1.82, 2.24) is 15.2 Å². The van der Waals surface area contributed by atoms with Gasteiger partial charge in [-0.3, -0.25) is 9.88 Å². The molecule has 1 aliphatic rings. The van der Waals surface area contributed by atoms with E-state index in [0.29, 0.717) is 0 Å². The van der Waals surface area contributed by atoms with Gasteiger partial charge in [0.05, 0.1) is 12.3 Å². The Bertz CT molecular complexity index is 345. The van der Waals surface area contributed by atoms with E-state index in [1.54, 1.807) is 7.11 Å². The summed E-state index contributed by atoms with van der Waals surface area (Å²) in [6, 6.07) is 6.15. The molecule has 1 unspecified atom stereocenters. The molecule has 106 valence electrons. The topological polar surface area (TPSA) is 37.4 Å². The van der Waals surface area contributed by atoms with E-state index in [1.165, 1.54) is 31.6 Å². The molecule has 0 bridgehead atoms. The molecule has 1 aromatic heterocycles. The van der Waals surface area contributed by atoms with Gasteiger partial charge in [0.1, 0.15) is 0 Å². The summed E-state index contributed by atoms with van der Waals surface area (Å²) >= 11 is 0. The molecule has 0 radical (unpaired) electrons. The van der Waals surface area contributed by atoms with E-state index in [9.17, 15) is 0 Å². The lowest BCUT2D eigenvalue weighted by atomic mass is 9.98. The quantitative estimate of drug-likeness (QED) is 0.757. The zero-order chi connectivity index (χ0) is 13.3. The summed E-state index contributed by atoms with van der Waals surface area (Å²) in [4.78, 5) is 6.93. The zero-order valence-corrected chi connectivity index (χ0v) is 11.8. The van der Waals surface area contributed by atoms with Crippen molar-refractivity contribution in [3.63, 3.8) is 0 Å². The van der Waals surface area contributed by atoms with Crippen LogP contribution >= 0.6 is 0 Å². The molecular formula is C15H25N3O. The lowest BCUT2D eigenvalue weighted by molar-refractivity contribution is 0.158. The minimum absolute atomic E-state index is 0.759. The standard InChI is InChI=1S/C15H25N3O/c1-19-10-8-16-11-14-5-4-9-18(12-14)13-15-6-2-3-7-17-15/h2-3,6-7,14,16H,4-5,8-13H2,1H3. The predicted molar refractivity (Wildman–Crippen MR) is 77.0 cm³/mol. The highest BCUT2D eigenvalue weighted by atomic mass is 16.5. The van der Waals surface area contributed by atoms with Crippen LogP contribution in [-0.4, -0.2) is 49.8 Å². The van der Waals surface area contributed by atoms with Gasteiger partial charge in [-0.05, 0) is 44.0 Å². The van der Waals surface area contributed by atoms with Crippen LogP contribution in [0.2, 0.25) is 0 Å². The first-order valence-corrected chi connectivity index (χ1v) is 7.20. The minimum atomic E-state index is 0.759. The van der Waals surface area contributed by atoms with Gasteiger partial charge in [0.15, 0.2) is 0 Å². The molecule has 2 heterocycles. The molecule has 1 saturated heterocycles. The molecule has 0 spiro atoms. The van der Waals surface area contributed by atoms with E-state index < -0.39 is 0 Å². The maximum atomic E-state index is 5.05. The van der Waals surface area contributed by atoms with Crippen molar-refractivity contribution in [3.05, 3.63) is 30.1 Å². The lowest BCUT2D eigenvalue weighted by Gasteiger charge is -2.32. The maximum absolute atomic E-state index is 5.05. The van der Waals surface area contributed by atoms with Crippen molar-refractivity contribution in [2.24, 2.45) is 5.92 Å². The summed E-state index contributed by atoms with van der Waals surface area (Å²) in [6.45, 7) is 6.21. The van der Waals surface area contributed by atoms with Crippen LogP contribution in [-0.2, 0) is 11.3 Å². The molecule has 0 saturated carbocycles. The Morgan fingerprint density at radius 1 is 1.47 bits per heavy atom. The van der Waals surface area contributed by atoms with Crippen LogP contribution < -0.4 is 5.32 Å². The highest BCUT2D eigenvalue weighted by Crippen LogP contribution is 2.17. The molecule has 1 aromatic rings. The molecule has 19 heavy (non-hydrogen) atoms. The van der Waals surface area contributed by atoms with Crippen molar-refractivity contribution in [1.29, 1.82) is 0 Å². The summed E-state index contributed by atoms with van der Waals surface area (Å²) in [5.74, 6) is 0.759. The number of likely N-dealkylation sites (tertiary alicyclic amines) is 1. The highest BCUT2D eigenvalue weighted by molar-refractivity contribution is 5.03. The Balaban J connectivity index is 1.71. The second kappa shape index (κ2) is 8.25. The Morgan fingerprint density at radius 2 is 2.42 bits per heavy atom. The Kier molecular flexibility index (Phi) is 6.27. The van der Waals surface area contributed by atoms with Crippen LogP contribution in [0.15, 0.2) is 24.4 Å². The summed E-state index contributed by atoms with van der Waals surface area (Å²) in [5.41, 5.74) is 1.18. The molecular weight excluding hydrogens is 238 g/mol. The zero-order valence-electron chi connectivity index (χ0n) is 11.8. The predicted octanol–water partition coefficient (Wildman–Crippen LogP) is 1.53. The van der Waals surface area contributed by atoms with Crippen LogP contribution in [0, 0.1) is 5.92 Å². The third-order valence-corrected chi connectivity index (χ3v) is 3.63. The Hall–Kier alpha value is -0.970. The van der Waals surface area contributed by atoms with Crippen LogP contribution in [0.25, 0.3) is 0 Å². The summed E-state index contributed by atoms with van der Waals surface area (Å²) in [7, 11) is 1.75. The van der Waals surface area contributed by atoms with Gasteiger partial charge in [0.25, 0.3) is 0 Å². The molecule has 0 aliphatic carbocycles. The largest absolute Gasteiger partial charge is 0.383 e. The normalized spacial score (nSPS) is 20.6. The fraction of sp³-hybridized carbons (Fsp3) is 0.667. The van der Waals surface area contributed by atoms with Crippen molar-refractivity contribution in [3.8, 4) is 0 Å². The number of rotatable bonds is 7. The van der Waals surface area contributed by atoms with Gasteiger partial charge in [-0.25, -0.2) is 0 Å². The molecule has 1 aliphatic heterocycles. The molecule has 4 nitrogen and oxygen atoms in total. The number of hydrogen-bond donors (Lipinski definition) is 1. The minimum Gasteiger partial charge on any atom is -0.383 e. The average molecular weight is 263 g/mol. The van der Waals surface area contributed by atoms with Gasteiger partial charge in [-0.2, -0.15) is 0 Å². The van der Waals surface area contributed by atoms with Crippen molar-refractivity contribution in [2.75, 3.05) is 39.9 Å². The van der Waals surface area contributed by atoms with Gasteiger partial charge in [-0.1, -0.05) is 6.07 Å². The fourth-order valence-electron chi connectivity index (χ4n) is 2.66. The van der Waals surface area contributed by atoms with E-state index in [2.05, 4.69) is 27.3 Å². The van der Waals surface area contributed by atoms with Gasteiger partial charge >= 0.3 is 0 Å². The van der Waals surface area contributed by atoms with Crippen molar-refractivity contribution in [2.45, 2.75) is 19.4 Å². The SMILES string of the molecule is COCCNCC1CCCN(Cc2ccccn2)C1. The van der Waals surface area contributed by atoms with Gasteiger partial charge in [-0.15, -0.1) is 0 Å². The summed E-state index contributed by atoms with van der Waals surface area (Å²) in [5, 5.41) is 3.47. The van der Waals surface area contributed by atoms with Gasteiger partial charge < -0.3 is 10.1 Å². The number of hydrogen-bond acceptors (Lipinski definition) is 4. The first-order chi connectivity index (χ1) is 9.38. The van der Waals surface area contributed by atoms with Gasteiger partial charge in [0, 0.05) is 32.9 Å². The number of aromatic nitrogens is 1. The van der Waals surface area contributed by atoms with Crippen LogP contribution in [0.3, 0.4) is 0 Å². The number of methoxy groups -OCH3 is 1. The van der Waals surface area contributed by atoms with Crippen LogP contribution in [0.1, 0.15) is 18.5 Å². The smallest absolute Gasteiger partial charge is 0.0587 e. The molecule has 1 fully saturated rings. The van der Waals surface area contributed by atoms with E-state index in [4.69, 9.17) is 4.74 Å². The Labute approximate surface area is 116 Å². The molecule has 1 atom stereocenters. The molecule has 0 aromatic carbocycles. The van der Waals surface area contributed by atoms with E-state index in [1.807, 2.05) is 12.3 Å². The highest BCUT2D eigenvalue weighted by Gasteiger charge is 2.19. The third-order valence-electron chi connectivity index (χ3n) is 3.63. The number of nitrogens with one attached hydrogen (secondary N) is 1. The fourth-order valence-corrected chi connectivity index (χ4v) is 2.66. The van der Waals surface area contributed by atoms with E-state index >= 15 is 0 Å². The first-order valence-electron chi connectivity index (χ1n) is 7.20. The molecule has 0 amide bonds. The summed E-state index contributed by atoms with van der Waals surface area (Å²) < 4.78 is 5.05. The summed E-state index contributed by atoms with van der Waals surface area (Å²) in [6.07, 6.45) is 4.51. The molecule has 2 rings (SSSR count). The van der Waals surface area contributed by atoms with E-state index in [0.717, 1.165) is 32.2 Å². The first kappa shape index (κ1) is 14.4. The van der Waals surface area contributed by atoms with Crippen LogP contribution in [0.5, 0.6) is 0 Å². The second-order valence-electron chi connectivity index (χ2n) is 5.26. The molecule has 1 N–H and O–H groups in total. The number of piperidine rings is 1. The lowest BCUT2D eigenvalue weighted by Crippen LogP contribution is -2.39. The number of pyridine rings is 1. The monoisotopic (exact) mass is 263 g/mol. The second-order valence-corrected chi connectivity index (χ2v) is 5.26. The average Bonchev–Trinajstić information content (AvgIpc) is 2.45. The third kappa shape index (κ3) is 5.27. The van der Waals surface area contributed by atoms with Crippen molar-refractivity contribution >= 4 is 0 Å². The number of nitrogens with zero attached hydrogens (tertiary/aromatic N) is 2. The molecule has 4 heteroatoms. The Morgan fingerprint density at radius 3 is 3.21 bits per heavy atom. The van der Waals surface area contributed by atoms with Crippen molar-refractivity contribution < 1.29 is 4.74 Å².